The molecule has 3 amide bonds. The molecule has 0 radical (unpaired) electrons. The molecule has 138 valence electrons. The fraction of sp³-hybridized carbons (Fsp3) is 0.556. The van der Waals surface area contributed by atoms with Gasteiger partial charge in [-0.05, 0) is 56.1 Å². The Kier molecular flexibility index (Phi) is 7.08. The van der Waals surface area contributed by atoms with Crippen molar-refractivity contribution in [2.45, 2.75) is 19.8 Å². The Balaban J connectivity index is 0.00000225. The molecule has 1 aromatic carbocycles. The third-order valence-corrected chi connectivity index (χ3v) is 4.87. The number of likely N-dealkylation sites (tertiary alicyclic amines) is 1. The molecule has 2 fully saturated rings. The molecule has 0 spiro atoms. The lowest BCUT2D eigenvalue weighted by molar-refractivity contribution is 0.0690. The van der Waals surface area contributed by atoms with Crippen LogP contribution in [0.2, 0.25) is 0 Å². The first-order valence-corrected chi connectivity index (χ1v) is 8.84. The van der Waals surface area contributed by atoms with Crippen LogP contribution < -0.4 is 15.5 Å². The molecule has 2 aliphatic rings. The molecule has 3 rings (SSSR count). The number of hydrogen-bond donors (Lipinski definition) is 2. The Labute approximate surface area is 155 Å². The summed E-state index contributed by atoms with van der Waals surface area (Å²) >= 11 is 0. The smallest absolute Gasteiger partial charge is 0.321 e. The minimum Gasteiger partial charge on any atom is -0.339 e. The molecular weight excluding hydrogens is 340 g/mol. The molecule has 2 heterocycles. The van der Waals surface area contributed by atoms with Gasteiger partial charge < -0.3 is 15.5 Å². The number of anilines is 1. The molecule has 0 aliphatic carbocycles. The number of carbonyl (C=O) groups is 2. The lowest BCUT2D eigenvalue weighted by Crippen LogP contribution is -2.40. The van der Waals surface area contributed by atoms with Crippen LogP contribution in [-0.4, -0.2) is 56.1 Å². The molecule has 0 aromatic heterocycles. The summed E-state index contributed by atoms with van der Waals surface area (Å²) in [4.78, 5) is 28.0. The van der Waals surface area contributed by atoms with Gasteiger partial charge in [-0.25, -0.2) is 4.79 Å². The number of nitrogens with zero attached hydrogens (tertiary/aromatic N) is 2. The van der Waals surface area contributed by atoms with Crippen molar-refractivity contribution >= 4 is 30.0 Å². The number of carbonyl (C=O) groups excluding carboxylic acids is 2. The van der Waals surface area contributed by atoms with Crippen LogP contribution in [0.3, 0.4) is 0 Å². The SMILES string of the molecule is CCNCC1CCN(C(=O)c2ccc(N3CCNC3=O)cc2)CC1.Cl. The van der Waals surface area contributed by atoms with E-state index >= 15 is 0 Å². The van der Waals surface area contributed by atoms with E-state index in [1.165, 1.54) is 0 Å². The van der Waals surface area contributed by atoms with Crippen molar-refractivity contribution < 1.29 is 9.59 Å². The van der Waals surface area contributed by atoms with Gasteiger partial charge in [0.25, 0.3) is 5.91 Å². The Morgan fingerprint density at radius 2 is 1.88 bits per heavy atom. The molecule has 2 N–H and O–H groups in total. The van der Waals surface area contributed by atoms with Gasteiger partial charge in [0.15, 0.2) is 0 Å². The Morgan fingerprint density at radius 3 is 2.44 bits per heavy atom. The molecular formula is C18H27ClN4O2. The van der Waals surface area contributed by atoms with Gasteiger partial charge in [0, 0.05) is 37.4 Å². The summed E-state index contributed by atoms with van der Waals surface area (Å²) < 4.78 is 0. The number of piperidine rings is 1. The molecule has 0 atom stereocenters. The van der Waals surface area contributed by atoms with Crippen molar-refractivity contribution in [1.29, 1.82) is 0 Å². The van der Waals surface area contributed by atoms with Gasteiger partial charge in [-0.3, -0.25) is 9.69 Å². The van der Waals surface area contributed by atoms with E-state index in [1.54, 1.807) is 4.90 Å². The summed E-state index contributed by atoms with van der Waals surface area (Å²) in [6.45, 7) is 7.16. The highest BCUT2D eigenvalue weighted by Gasteiger charge is 2.24. The van der Waals surface area contributed by atoms with Crippen LogP contribution in [0, 0.1) is 5.92 Å². The van der Waals surface area contributed by atoms with Crippen molar-refractivity contribution in [3.8, 4) is 0 Å². The molecule has 0 bridgehead atoms. The molecule has 25 heavy (non-hydrogen) atoms. The van der Waals surface area contributed by atoms with Crippen molar-refractivity contribution in [3.05, 3.63) is 29.8 Å². The zero-order chi connectivity index (χ0) is 16.9. The minimum absolute atomic E-state index is 0. The third kappa shape index (κ3) is 4.64. The fourth-order valence-corrected chi connectivity index (χ4v) is 3.37. The van der Waals surface area contributed by atoms with Gasteiger partial charge in [-0.15, -0.1) is 12.4 Å². The number of halogens is 1. The monoisotopic (exact) mass is 366 g/mol. The van der Waals surface area contributed by atoms with E-state index in [2.05, 4.69) is 17.6 Å². The van der Waals surface area contributed by atoms with Gasteiger partial charge in [-0.1, -0.05) is 6.92 Å². The van der Waals surface area contributed by atoms with E-state index in [9.17, 15) is 9.59 Å². The Hall–Kier alpha value is -1.79. The maximum Gasteiger partial charge on any atom is 0.321 e. The number of hydrogen-bond acceptors (Lipinski definition) is 3. The summed E-state index contributed by atoms with van der Waals surface area (Å²) in [6, 6.07) is 7.30. The average Bonchev–Trinajstić information content (AvgIpc) is 3.06. The molecule has 2 aliphatic heterocycles. The molecule has 1 aromatic rings. The normalized spacial score (nSPS) is 18.0. The highest BCUT2D eigenvalue weighted by Crippen LogP contribution is 2.21. The fourth-order valence-electron chi connectivity index (χ4n) is 3.37. The number of amides is 3. The summed E-state index contributed by atoms with van der Waals surface area (Å²) in [6.07, 6.45) is 2.12. The zero-order valence-corrected chi connectivity index (χ0v) is 15.5. The summed E-state index contributed by atoms with van der Waals surface area (Å²) in [5.74, 6) is 0.763. The highest BCUT2D eigenvalue weighted by molar-refractivity contribution is 5.97. The predicted molar refractivity (Wildman–Crippen MR) is 102 cm³/mol. The van der Waals surface area contributed by atoms with Crippen LogP contribution in [0.15, 0.2) is 24.3 Å². The minimum atomic E-state index is -0.0724. The highest BCUT2D eigenvalue weighted by atomic mass is 35.5. The van der Waals surface area contributed by atoms with Crippen molar-refractivity contribution in [3.63, 3.8) is 0 Å². The van der Waals surface area contributed by atoms with Crippen LogP contribution in [-0.2, 0) is 0 Å². The summed E-state index contributed by atoms with van der Waals surface area (Å²) in [7, 11) is 0. The van der Waals surface area contributed by atoms with Crippen LogP contribution >= 0.6 is 12.4 Å². The number of rotatable bonds is 5. The van der Waals surface area contributed by atoms with E-state index in [0.717, 1.165) is 44.7 Å². The Bertz CT molecular complexity index is 585. The van der Waals surface area contributed by atoms with Crippen molar-refractivity contribution in [1.82, 2.24) is 15.5 Å². The first kappa shape index (κ1) is 19.5. The average molecular weight is 367 g/mol. The van der Waals surface area contributed by atoms with E-state index in [1.807, 2.05) is 29.2 Å². The van der Waals surface area contributed by atoms with Gasteiger partial charge in [0.2, 0.25) is 0 Å². The quantitative estimate of drug-likeness (QED) is 0.838. The number of nitrogens with one attached hydrogen (secondary N) is 2. The molecule has 0 saturated carbocycles. The van der Waals surface area contributed by atoms with Crippen LogP contribution in [0.5, 0.6) is 0 Å². The lowest BCUT2D eigenvalue weighted by atomic mass is 9.96. The molecule has 6 nitrogen and oxygen atoms in total. The maximum atomic E-state index is 12.6. The zero-order valence-electron chi connectivity index (χ0n) is 14.7. The number of urea groups is 1. The summed E-state index contributed by atoms with van der Waals surface area (Å²) in [5.41, 5.74) is 1.54. The second kappa shape index (κ2) is 9.06. The second-order valence-electron chi connectivity index (χ2n) is 6.47. The van der Waals surface area contributed by atoms with E-state index < -0.39 is 0 Å². The van der Waals surface area contributed by atoms with E-state index in [0.29, 0.717) is 24.6 Å². The van der Waals surface area contributed by atoms with Crippen molar-refractivity contribution in [2.75, 3.05) is 44.2 Å². The lowest BCUT2D eigenvalue weighted by Gasteiger charge is -2.32. The number of benzene rings is 1. The van der Waals surface area contributed by atoms with Gasteiger partial charge in [-0.2, -0.15) is 0 Å². The van der Waals surface area contributed by atoms with Crippen LogP contribution in [0.1, 0.15) is 30.1 Å². The van der Waals surface area contributed by atoms with Gasteiger partial charge in [0.1, 0.15) is 0 Å². The van der Waals surface area contributed by atoms with E-state index in [4.69, 9.17) is 0 Å². The van der Waals surface area contributed by atoms with E-state index in [-0.39, 0.29) is 24.3 Å². The third-order valence-electron chi connectivity index (χ3n) is 4.87. The molecule has 2 saturated heterocycles. The largest absolute Gasteiger partial charge is 0.339 e. The van der Waals surface area contributed by atoms with Crippen LogP contribution in [0.25, 0.3) is 0 Å². The standard InChI is InChI=1S/C18H26N4O2.ClH/c1-2-19-13-14-7-10-21(11-8-14)17(23)15-3-5-16(6-4-15)22-12-9-20-18(22)24;/h3-6,14,19H,2,7-13H2,1H3,(H,20,24);1H. The summed E-state index contributed by atoms with van der Waals surface area (Å²) in [5, 5.41) is 6.17. The van der Waals surface area contributed by atoms with Gasteiger partial charge in [0.05, 0.1) is 0 Å². The van der Waals surface area contributed by atoms with Crippen LogP contribution in [0.4, 0.5) is 10.5 Å². The topological polar surface area (TPSA) is 64.7 Å². The molecule has 0 unspecified atom stereocenters. The molecule has 7 heteroatoms. The van der Waals surface area contributed by atoms with Gasteiger partial charge >= 0.3 is 6.03 Å². The maximum absolute atomic E-state index is 12.6. The Morgan fingerprint density at radius 1 is 1.20 bits per heavy atom. The first-order chi connectivity index (χ1) is 11.7. The predicted octanol–water partition coefficient (Wildman–Crippen LogP) is 2.10. The van der Waals surface area contributed by atoms with Crippen molar-refractivity contribution in [2.24, 2.45) is 5.92 Å². The first-order valence-electron chi connectivity index (χ1n) is 8.84. The second-order valence-corrected chi connectivity index (χ2v) is 6.47.